The van der Waals surface area contributed by atoms with Crippen LogP contribution in [0.3, 0.4) is 0 Å². The quantitative estimate of drug-likeness (QED) is 0.681. The van der Waals surface area contributed by atoms with E-state index in [-0.39, 0.29) is 0 Å². The van der Waals surface area contributed by atoms with Crippen LogP contribution in [-0.4, -0.2) is 7.05 Å². The number of nitrogens with zero attached hydrogens (tertiary/aromatic N) is 1. The highest BCUT2D eigenvalue weighted by atomic mass is 15.1. The Morgan fingerprint density at radius 2 is 1.81 bits per heavy atom. The van der Waals surface area contributed by atoms with Gasteiger partial charge in [0, 0.05) is 18.4 Å². The monoisotopic (exact) mass is 213 g/mol. The van der Waals surface area contributed by atoms with E-state index in [2.05, 4.69) is 37.1 Å². The molecule has 0 radical (unpaired) electrons. The maximum atomic E-state index is 3.86. The zero-order valence-corrected chi connectivity index (χ0v) is 10.3. The van der Waals surface area contributed by atoms with Gasteiger partial charge in [-0.25, -0.2) is 0 Å². The second-order valence-corrected chi connectivity index (χ2v) is 3.82. The Hall–Kier alpha value is -1.76. The van der Waals surface area contributed by atoms with E-state index in [0.29, 0.717) is 0 Å². The summed E-state index contributed by atoms with van der Waals surface area (Å²) in [4.78, 5) is 2.14. The summed E-state index contributed by atoms with van der Waals surface area (Å²) in [6.07, 6.45) is 3.72. The van der Waals surface area contributed by atoms with E-state index in [1.807, 2.05) is 38.3 Å². The SMILES string of the molecule is C=C/C(C)=C(\C=C)N(C)c1ccccc1C. The molecule has 0 saturated heterocycles. The zero-order valence-electron chi connectivity index (χ0n) is 10.3. The lowest BCUT2D eigenvalue weighted by atomic mass is 10.1. The van der Waals surface area contributed by atoms with Crippen molar-refractivity contribution in [2.24, 2.45) is 0 Å². The molecule has 1 heteroatoms. The second kappa shape index (κ2) is 5.36. The first-order chi connectivity index (χ1) is 7.61. The van der Waals surface area contributed by atoms with Crippen molar-refractivity contribution in [1.82, 2.24) is 0 Å². The van der Waals surface area contributed by atoms with E-state index in [1.54, 1.807) is 0 Å². The fourth-order valence-electron chi connectivity index (χ4n) is 1.74. The second-order valence-electron chi connectivity index (χ2n) is 3.82. The van der Waals surface area contributed by atoms with Gasteiger partial charge in [0.1, 0.15) is 0 Å². The number of allylic oxidation sites excluding steroid dienone is 3. The number of hydrogen-bond donors (Lipinski definition) is 0. The molecule has 1 rings (SSSR count). The van der Waals surface area contributed by atoms with Gasteiger partial charge in [-0.2, -0.15) is 0 Å². The molecule has 0 N–H and O–H groups in total. The van der Waals surface area contributed by atoms with Gasteiger partial charge in [-0.15, -0.1) is 0 Å². The van der Waals surface area contributed by atoms with Crippen LogP contribution in [0.4, 0.5) is 5.69 Å². The fraction of sp³-hybridized carbons (Fsp3) is 0.200. The third kappa shape index (κ3) is 2.43. The standard InChI is InChI=1S/C15H19N/c1-6-12(3)14(7-2)16(5)15-11-9-8-10-13(15)4/h6-11H,1-2H2,3-5H3/b14-12+. The van der Waals surface area contributed by atoms with Gasteiger partial charge in [0.05, 0.1) is 0 Å². The van der Waals surface area contributed by atoms with E-state index >= 15 is 0 Å². The van der Waals surface area contributed by atoms with Crippen LogP contribution in [0, 0.1) is 6.92 Å². The van der Waals surface area contributed by atoms with Gasteiger partial charge in [-0.1, -0.05) is 37.4 Å². The van der Waals surface area contributed by atoms with Gasteiger partial charge in [-0.05, 0) is 37.1 Å². The third-order valence-electron chi connectivity index (χ3n) is 2.74. The Bertz CT molecular complexity index is 427. The predicted molar refractivity (Wildman–Crippen MR) is 72.7 cm³/mol. The zero-order chi connectivity index (χ0) is 12.1. The van der Waals surface area contributed by atoms with E-state index in [1.165, 1.54) is 11.3 Å². The molecule has 16 heavy (non-hydrogen) atoms. The van der Waals surface area contributed by atoms with Crippen LogP contribution in [0.2, 0.25) is 0 Å². The van der Waals surface area contributed by atoms with Crippen LogP contribution in [0.5, 0.6) is 0 Å². The molecule has 0 aliphatic rings. The summed E-state index contributed by atoms with van der Waals surface area (Å²) in [5.41, 5.74) is 4.66. The molecule has 1 aromatic rings. The van der Waals surface area contributed by atoms with Crippen molar-refractivity contribution in [3.8, 4) is 0 Å². The first kappa shape index (κ1) is 12.3. The number of anilines is 1. The first-order valence-electron chi connectivity index (χ1n) is 5.37. The van der Waals surface area contributed by atoms with Crippen LogP contribution in [0.25, 0.3) is 0 Å². The van der Waals surface area contributed by atoms with Crippen LogP contribution in [0.1, 0.15) is 12.5 Å². The molecule has 0 unspecified atom stereocenters. The van der Waals surface area contributed by atoms with Gasteiger partial charge in [0.2, 0.25) is 0 Å². The van der Waals surface area contributed by atoms with E-state index in [0.717, 1.165) is 11.3 Å². The van der Waals surface area contributed by atoms with Crippen molar-refractivity contribution in [1.29, 1.82) is 0 Å². The van der Waals surface area contributed by atoms with Crippen LogP contribution < -0.4 is 4.90 Å². The van der Waals surface area contributed by atoms with Gasteiger partial charge in [-0.3, -0.25) is 0 Å². The summed E-state index contributed by atoms with van der Waals surface area (Å²) >= 11 is 0. The topological polar surface area (TPSA) is 3.24 Å². The Labute approximate surface area is 98.4 Å². The molecule has 0 amide bonds. The molecule has 84 valence electrons. The Balaban J connectivity index is 3.20. The molecule has 0 fully saturated rings. The van der Waals surface area contributed by atoms with Crippen molar-refractivity contribution in [2.75, 3.05) is 11.9 Å². The molecular formula is C15H19N. The van der Waals surface area contributed by atoms with Crippen molar-refractivity contribution < 1.29 is 0 Å². The summed E-state index contributed by atoms with van der Waals surface area (Å²) in [7, 11) is 2.05. The summed E-state index contributed by atoms with van der Waals surface area (Å²) in [6.45, 7) is 11.8. The number of hydrogen-bond acceptors (Lipinski definition) is 1. The van der Waals surface area contributed by atoms with E-state index in [4.69, 9.17) is 0 Å². The minimum atomic E-state index is 1.09. The largest absolute Gasteiger partial charge is 0.344 e. The average molecular weight is 213 g/mol. The van der Waals surface area contributed by atoms with Crippen molar-refractivity contribution in [3.05, 3.63) is 66.4 Å². The van der Waals surface area contributed by atoms with E-state index in [9.17, 15) is 0 Å². The van der Waals surface area contributed by atoms with Crippen molar-refractivity contribution >= 4 is 5.69 Å². The molecule has 1 nitrogen and oxygen atoms in total. The van der Waals surface area contributed by atoms with Crippen LogP contribution >= 0.6 is 0 Å². The smallest absolute Gasteiger partial charge is 0.0437 e. The maximum absolute atomic E-state index is 3.86. The first-order valence-corrected chi connectivity index (χ1v) is 5.37. The average Bonchev–Trinajstić information content (AvgIpc) is 2.30. The minimum Gasteiger partial charge on any atom is -0.344 e. The Kier molecular flexibility index (Phi) is 4.12. The summed E-state index contributed by atoms with van der Waals surface area (Å²) < 4.78 is 0. The van der Waals surface area contributed by atoms with Crippen molar-refractivity contribution in [2.45, 2.75) is 13.8 Å². The predicted octanol–water partition coefficient (Wildman–Crippen LogP) is 4.08. The van der Waals surface area contributed by atoms with Gasteiger partial charge in [0.15, 0.2) is 0 Å². The highest BCUT2D eigenvalue weighted by Crippen LogP contribution is 2.23. The van der Waals surface area contributed by atoms with Crippen molar-refractivity contribution in [3.63, 3.8) is 0 Å². The van der Waals surface area contributed by atoms with E-state index < -0.39 is 0 Å². The fourth-order valence-corrected chi connectivity index (χ4v) is 1.74. The molecule has 0 bridgehead atoms. The lowest BCUT2D eigenvalue weighted by molar-refractivity contribution is 1.10. The highest BCUT2D eigenvalue weighted by molar-refractivity contribution is 5.59. The van der Waals surface area contributed by atoms with Crippen LogP contribution in [-0.2, 0) is 0 Å². The number of benzene rings is 1. The molecule has 0 heterocycles. The maximum Gasteiger partial charge on any atom is 0.0437 e. The lowest BCUT2D eigenvalue weighted by Crippen LogP contribution is -2.17. The molecule has 0 spiro atoms. The van der Waals surface area contributed by atoms with Gasteiger partial charge >= 0.3 is 0 Å². The molecular weight excluding hydrogens is 194 g/mol. The summed E-state index contributed by atoms with van der Waals surface area (Å²) in [5, 5.41) is 0. The van der Waals surface area contributed by atoms with Crippen LogP contribution in [0.15, 0.2) is 60.8 Å². The number of aryl methyl sites for hydroxylation is 1. The summed E-state index contributed by atoms with van der Waals surface area (Å²) in [5.74, 6) is 0. The highest BCUT2D eigenvalue weighted by Gasteiger charge is 2.07. The third-order valence-corrected chi connectivity index (χ3v) is 2.74. The van der Waals surface area contributed by atoms with Gasteiger partial charge in [0.25, 0.3) is 0 Å². The van der Waals surface area contributed by atoms with Gasteiger partial charge < -0.3 is 4.90 Å². The minimum absolute atomic E-state index is 1.09. The molecule has 0 aromatic heterocycles. The Morgan fingerprint density at radius 3 is 2.31 bits per heavy atom. The summed E-state index contributed by atoms with van der Waals surface area (Å²) in [6, 6.07) is 8.30. The molecule has 0 saturated carbocycles. The molecule has 0 aliphatic carbocycles. The number of rotatable bonds is 4. The molecule has 0 aliphatic heterocycles. The molecule has 1 aromatic carbocycles. The normalized spacial score (nSPS) is 11.7. The molecule has 0 atom stereocenters. The lowest BCUT2D eigenvalue weighted by Gasteiger charge is -2.23. The Morgan fingerprint density at radius 1 is 1.19 bits per heavy atom. The number of para-hydroxylation sites is 1. The number of likely N-dealkylation sites (N-methyl/N-ethyl adjacent to an activating group) is 1.